The van der Waals surface area contributed by atoms with E-state index in [4.69, 9.17) is 0 Å². The van der Waals surface area contributed by atoms with Crippen molar-refractivity contribution in [3.63, 3.8) is 0 Å². The number of fused-ring (bicyclic) bond motifs is 1. The van der Waals surface area contributed by atoms with Gasteiger partial charge in [-0.1, -0.05) is 19.3 Å². The summed E-state index contributed by atoms with van der Waals surface area (Å²) in [6.07, 6.45) is 5.67. The van der Waals surface area contributed by atoms with Gasteiger partial charge in [0.25, 0.3) is 11.8 Å². The third-order valence-electron chi connectivity index (χ3n) is 7.65. The normalized spacial score (nSPS) is 26.1. The van der Waals surface area contributed by atoms with E-state index in [1.165, 1.54) is 6.42 Å². The van der Waals surface area contributed by atoms with Crippen LogP contribution in [-0.2, 0) is 14.4 Å². The monoisotopic (exact) mass is 466 g/mol. The van der Waals surface area contributed by atoms with Crippen LogP contribution in [0.25, 0.3) is 0 Å². The molecule has 34 heavy (non-hydrogen) atoms. The lowest BCUT2D eigenvalue weighted by Crippen LogP contribution is -2.55. The Hall–Kier alpha value is -3.23. The molecule has 1 unspecified atom stereocenters. The number of carbonyl (C=O) groups is 5. The van der Waals surface area contributed by atoms with Crippen LogP contribution in [0.1, 0.15) is 72.6 Å². The van der Waals surface area contributed by atoms with Gasteiger partial charge in [-0.15, -0.1) is 0 Å². The average molecular weight is 467 g/mol. The lowest BCUT2D eigenvalue weighted by molar-refractivity contribution is -0.138. The van der Waals surface area contributed by atoms with E-state index in [1.807, 2.05) is 11.0 Å². The van der Waals surface area contributed by atoms with Gasteiger partial charge < -0.3 is 9.80 Å². The molecule has 2 saturated heterocycles. The highest BCUT2D eigenvalue weighted by Gasteiger charge is 2.45. The molecule has 0 radical (unpaired) electrons. The fraction of sp³-hybridized carbons (Fsp3) is 0.560. The van der Waals surface area contributed by atoms with Gasteiger partial charge in [-0.2, -0.15) is 0 Å². The number of hydrogen-bond donors (Lipinski definition) is 1. The summed E-state index contributed by atoms with van der Waals surface area (Å²) in [6, 6.07) is 4.28. The molecule has 180 valence electrons. The minimum absolute atomic E-state index is 0.0674. The smallest absolute Gasteiger partial charge is 0.262 e. The molecule has 2 atom stereocenters. The summed E-state index contributed by atoms with van der Waals surface area (Å²) in [6.45, 7) is 3.97. The van der Waals surface area contributed by atoms with Crippen molar-refractivity contribution in [2.24, 2.45) is 5.92 Å². The van der Waals surface area contributed by atoms with Crippen LogP contribution in [0.5, 0.6) is 0 Å². The van der Waals surface area contributed by atoms with E-state index in [0.29, 0.717) is 19.6 Å². The Labute approximate surface area is 198 Å². The van der Waals surface area contributed by atoms with Crippen molar-refractivity contribution in [2.75, 3.05) is 24.5 Å². The maximum absolute atomic E-state index is 13.1. The summed E-state index contributed by atoms with van der Waals surface area (Å²) in [5.74, 6) is -1.60. The average Bonchev–Trinajstić information content (AvgIpc) is 3.08. The highest BCUT2D eigenvalue weighted by atomic mass is 16.2. The number of carbonyl (C=O) groups excluding carboxylic acids is 5. The lowest BCUT2D eigenvalue weighted by Gasteiger charge is -2.42. The molecule has 0 bridgehead atoms. The van der Waals surface area contributed by atoms with Crippen LogP contribution in [0, 0.1) is 5.92 Å². The van der Waals surface area contributed by atoms with E-state index in [2.05, 4.69) is 17.1 Å². The number of nitrogens with one attached hydrogen (secondary N) is 1. The molecule has 1 N–H and O–H groups in total. The van der Waals surface area contributed by atoms with Crippen LogP contribution >= 0.6 is 0 Å². The van der Waals surface area contributed by atoms with Crippen molar-refractivity contribution in [3.05, 3.63) is 29.3 Å². The first-order valence-electron chi connectivity index (χ1n) is 12.3. The topological polar surface area (TPSA) is 107 Å². The van der Waals surface area contributed by atoms with Gasteiger partial charge in [0, 0.05) is 43.7 Å². The number of amides is 5. The summed E-state index contributed by atoms with van der Waals surface area (Å²) >= 11 is 0. The van der Waals surface area contributed by atoms with Crippen molar-refractivity contribution in [1.82, 2.24) is 15.1 Å². The van der Waals surface area contributed by atoms with Crippen molar-refractivity contribution in [2.45, 2.75) is 64.0 Å². The van der Waals surface area contributed by atoms with E-state index >= 15 is 0 Å². The molecule has 0 spiro atoms. The molecule has 3 fully saturated rings. The number of nitrogens with zero attached hydrogens (tertiary/aromatic N) is 3. The first-order chi connectivity index (χ1) is 16.3. The number of piperazine rings is 1. The molecule has 4 aliphatic rings. The first-order valence-corrected chi connectivity index (χ1v) is 12.3. The molecule has 3 aliphatic heterocycles. The number of piperidine rings is 1. The second-order valence-corrected chi connectivity index (χ2v) is 9.84. The van der Waals surface area contributed by atoms with Crippen LogP contribution in [0.2, 0.25) is 0 Å². The Bertz CT molecular complexity index is 1060. The zero-order chi connectivity index (χ0) is 24.0. The summed E-state index contributed by atoms with van der Waals surface area (Å²) in [7, 11) is 0. The Balaban J connectivity index is 1.30. The van der Waals surface area contributed by atoms with E-state index in [9.17, 15) is 24.0 Å². The lowest BCUT2D eigenvalue weighted by atomic mass is 9.88. The van der Waals surface area contributed by atoms with Gasteiger partial charge in [0.2, 0.25) is 17.7 Å². The first kappa shape index (κ1) is 22.6. The second kappa shape index (κ2) is 8.85. The third-order valence-corrected chi connectivity index (χ3v) is 7.65. The Kier molecular flexibility index (Phi) is 5.87. The van der Waals surface area contributed by atoms with Gasteiger partial charge >= 0.3 is 0 Å². The van der Waals surface area contributed by atoms with Crippen LogP contribution in [-0.4, -0.2) is 71.1 Å². The molecule has 0 aromatic heterocycles. The van der Waals surface area contributed by atoms with Crippen molar-refractivity contribution in [3.8, 4) is 0 Å². The van der Waals surface area contributed by atoms with Gasteiger partial charge in [-0.3, -0.25) is 34.2 Å². The maximum Gasteiger partial charge on any atom is 0.262 e. The number of anilines is 1. The fourth-order valence-electron chi connectivity index (χ4n) is 5.79. The van der Waals surface area contributed by atoms with Crippen LogP contribution in [0.15, 0.2) is 18.2 Å². The number of imide groups is 2. The highest BCUT2D eigenvalue weighted by molar-refractivity contribution is 6.23. The van der Waals surface area contributed by atoms with Crippen molar-refractivity contribution in [1.29, 1.82) is 0 Å². The van der Waals surface area contributed by atoms with Gasteiger partial charge in [0.15, 0.2) is 0 Å². The summed E-state index contributed by atoms with van der Waals surface area (Å²) < 4.78 is 0. The predicted octanol–water partition coefficient (Wildman–Crippen LogP) is 1.71. The minimum Gasteiger partial charge on any atom is -0.365 e. The molecular formula is C25H30N4O5. The molecule has 3 heterocycles. The SMILES string of the molecule is C[C@@H]1CN(C(=O)C2CCCCC2)CCN1c1ccc2c(c1)C(=O)N(C1CCC(=O)NC1=O)C2=O. The Morgan fingerprint density at radius 3 is 2.38 bits per heavy atom. The maximum atomic E-state index is 13.1. The number of hydrogen-bond acceptors (Lipinski definition) is 6. The van der Waals surface area contributed by atoms with Crippen molar-refractivity contribution >= 4 is 35.2 Å². The van der Waals surface area contributed by atoms with Gasteiger partial charge in [0.05, 0.1) is 11.1 Å². The molecule has 9 heteroatoms. The quantitative estimate of drug-likeness (QED) is 0.680. The minimum atomic E-state index is -0.971. The van der Waals surface area contributed by atoms with Crippen LogP contribution < -0.4 is 10.2 Å². The Morgan fingerprint density at radius 2 is 1.68 bits per heavy atom. The molecule has 5 rings (SSSR count). The summed E-state index contributed by atoms with van der Waals surface area (Å²) in [5, 5.41) is 2.22. The second-order valence-electron chi connectivity index (χ2n) is 9.84. The van der Waals surface area contributed by atoms with Crippen LogP contribution in [0.4, 0.5) is 5.69 Å². The third kappa shape index (κ3) is 3.86. The standard InChI is InChI=1S/C25H30N4O5/c1-15-14-27(23(32)16-5-3-2-4-6-16)11-12-28(15)17-7-8-18-19(13-17)25(34)29(24(18)33)20-9-10-21(30)26-22(20)31/h7-8,13,15-16,20H,2-6,9-12,14H2,1H3,(H,26,30,31)/t15-,20?/m1/s1. The number of rotatable bonds is 3. The molecule has 1 aliphatic carbocycles. The number of benzene rings is 1. The zero-order valence-electron chi connectivity index (χ0n) is 19.4. The van der Waals surface area contributed by atoms with Gasteiger partial charge in [0.1, 0.15) is 6.04 Å². The van der Waals surface area contributed by atoms with Crippen molar-refractivity contribution < 1.29 is 24.0 Å². The van der Waals surface area contributed by atoms with Gasteiger partial charge in [-0.05, 0) is 44.4 Å². The largest absolute Gasteiger partial charge is 0.365 e. The molecule has 1 aromatic carbocycles. The molecule has 5 amide bonds. The van der Waals surface area contributed by atoms with E-state index in [1.54, 1.807) is 12.1 Å². The molecule has 1 saturated carbocycles. The van der Waals surface area contributed by atoms with E-state index < -0.39 is 29.7 Å². The highest BCUT2D eigenvalue weighted by Crippen LogP contribution is 2.32. The van der Waals surface area contributed by atoms with E-state index in [-0.39, 0.29) is 41.8 Å². The molecule has 9 nitrogen and oxygen atoms in total. The fourth-order valence-corrected chi connectivity index (χ4v) is 5.79. The van der Waals surface area contributed by atoms with Gasteiger partial charge in [-0.25, -0.2) is 0 Å². The Morgan fingerprint density at radius 1 is 0.941 bits per heavy atom. The zero-order valence-corrected chi connectivity index (χ0v) is 19.4. The summed E-state index contributed by atoms with van der Waals surface area (Å²) in [5.41, 5.74) is 1.37. The molecular weight excluding hydrogens is 436 g/mol. The summed E-state index contributed by atoms with van der Waals surface area (Å²) in [4.78, 5) is 67.9. The van der Waals surface area contributed by atoms with Crippen LogP contribution in [0.3, 0.4) is 0 Å². The van der Waals surface area contributed by atoms with E-state index in [0.717, 1.165) is 36.3 Å². The molecule has 1 aromatic rings. The predicted molar refractivity (Wildman–Crippen MR) is 123 cm³/mol.